The minimum absolute atomic E-state index is 0.0368. The minimum atomic E-state index is -0.915. The number of nitrogens with one attached hydrogen (secondary N) is 1. The molecule has 3 nitrogen and oxygen atoms in total. The Bertz CT molecular complexity index is 609. The van der Waals surface area contributed by atoms with E-state index in [0.29, 0.717) is 12.8 Å². The third-order valence-corrected chi connectivity index (χ3v) is 4.70. The van der Waals surface area contributed by atoms with Gasteiger partial charge in [0, 0.05) is 4.88 Å². The first-order chi connectivity index (χ1) is 9.67. The maximum atomic E-state index is 11.9. The molecular formula is C16H17NO2S. The standard InChI is InChI=1S/C16H17NO2S/c18-15(10-13-5-3-9-20-13)17-11-16(19)8-7-12-4-1-2-6-14(12)16/h1-6,9,19H,7-8,10-11H2,(H,17,18)/t16-/m0/s1. The summed E-state index contributed by atoms with van der Waals surface area (Å²) in [5, 5.41) is 15.5. The van der Waals surface area contributed by atoms with Crippen LogP contribution >= 0.6 is 11.3 Å². The number of amides is 1. The van der Waals surface area contributed by atoms with Crippen molar-refractivity contribution in [1.82, 2.24) is 5.32 Å². The van der Waals surface area contributed by atoms with E-state index in [0.717, 1.165) is 16.9 Å². The van der Waals surface area contributed by atoms with Crippen molar-refractivity contribution < 1.29 is 9.90 Å². The van der Waals surface area contributed by atoms with Gasteiger partial charge >= 0.3 is 0 Å². The molecule has 0 bridgehead atoms. The van der Waals surface area contributed by atoms with Crippen LogP contribution in [0.25, 0.3) is 0 Å². The summed E-state index contributed by atoms with van der Waals surface area (Å²) in [6, 6.07) is 11.8. The van der Waals surface area contributed by atoms with E-state index in [2.05, 4.69) is 5.32 Å². The second-order valence-corrected chi connectivity index (χ2v) is 6.25. The molecule has 1 aromatic carbocycles. The molecule has 1 aliphatic carbocycles. The molecule has 0 unspecified atom stereocenters. The lowest BCUT2D eigenvalue weighted by atomic mass is 9.96. The quantitative estimate of drug-likeness (QED) is 0.906. The Balaban J connectivity index is 1.62. The normalized spacial score (nSPS) is 20.6. The van der Waals surface area contributed by atoms with Gasteiger partial charge in [-0.05, 0) is 35.4 Å². The highest BCUT2D eigenvalue weighted by atomic mass is 32.1. The number of thiophene rings is 1. The Hall–Kier alpha value is -1.65. The Morgan fingerprint density at radius 1 is 1.30 bits per heavy atom. The number of rotatable bonds is 4. The van der Waals surface area contributed by atoms with E-state index in [-0.39, 0.29) is 12.5 Å². The molecule has 0 aliphatic heterocycles. The first kappa shape index (κ1) is 13.3. The topological polar surface area (TPSA) is 49.3 Å². The fraction of sp³-hybridized carbons (Fsp3) is 0.312. The molecule has 0 saturated heterocycles. The van der Waals surface area contributed by atoms with Gasteiger partial charge in [0.1, 0.15) is 5.60 Å². The Kier molecular flexibility index (Phi) is 3.59. The van der Waals surface area contributed by atoms with Gasteiger partial charge in [-0.1, -0.05) is 30.3 Å². The van der Waals surface area contributed by atoms with Crippen molar-refractivity contribution in [2.24, 2.45) is 0 Å². The van der Waals surface area contributed by atoms with Gasteiger partial charge in [-0.15, -0.1) is 11.3 Å². The van der Waals surface area contributed by atoms with Crippen molar-refractivity contribution in [2.45, 2.75) is 24.9 Å². The molecule has 104 valence electrons. The number of aryl methyl sites for hydroxylation is 1. The molecule has 1 aromatic heterocycles. The van der Waals surface area contributed by atoms with Crippen LogP contribution in [0.2, 0.25) is 0 Å². The molecule has 1 aliphatic rings. The average molecular weight is 287 g/mol. The molecule has 0 fully saturated rings. The second kappa shape index (κ2) is 5.38. The maximum absolute atomic E-state index is 11.9. The largest absolute Gasteiger partial charge is 0.383 e. The summed E-state index contributed by atoms with van der Waals surface area (Å²) in [5.74, 6) is -0.0368. The van der Waals surface area contributed by atoms with Crippen LogP contribution < -0.4 is 5.32 Å². The monoisotopic (exact) mass is 287 g/mol. The first-order valence-corrected chi connectivity index (χ1v) is 7.65. The fourth-order valence-corrected chi connectivity index (χ4v) is 3.43. The van der Waals surface area contributed by atoms with Gasteiger partial charge < -0.3 is 10.4 Å². The van der Waals surface area contributed by atoms with Crippen molar-refractivity contribution in [3.8, 4) is 0 Å². The van der Waals surface area contributed by atoms with Crippen molar-refractivity contribution >= 4 is 17.2 Å². The highest BCUT2D eigenvalue weighted by molar-refractivity contribution is 7.10. The van der Waals surface area contributed by atoms with Crippen LogP contribution in [0.15, 0.2) is 41.8 Å². The number of benzene rings is 1. The zero-order chi connectivity index (χ0) is 14.0. The summed E-state index contributed by atoms with van der Waals surface area (Å²) in [6.45, 7) is 0.286. The number of fused-ring (bicyclic) bond motifs is 1. The lowest BCUT2D eigenvalue weighted by molar-refractivity contribution is -0.121. The van der Waals surface area contributed by atoms with Crippen LogP contribution in [-0.2, 0) is 23.2 Å². The zero-order valence-corrected chi connectivity index (χ0v) is 12.0. The number of hydrogen-bond acceptors (Lipinski definition) is 3. The Labute approximate surface area is 122 Å². The lowest BCUT2D eigenvalue weighted by Gasteiger charge is -2.24. The van der Waals surface area contributed by atoms with Crippen LogP contribution in [0.1, 0.15) is 22.4 Å². The molecule has 1 heterocycles. The van der Waals surface area contributed by atoms with Gasteiger partial charge in [-0.25, -0.2) is 0 Å². The van der Waals surface area contributed by atoms with E-state index < -0.39 is 5.60 Å². The SMILES string of the molecule is O=C(Cc1cccs1)NC[C@@]1(O)CCc2ccccc21. The average Bonchev–Trinajstić information content (AvgIpc) is 3.07. The van der Waals surface area contributed by atoms with E-state index in [9.17, 15) is 9.90 Å². The van der Waals surface area contributed by atoms with Gasteiger partial charge in [-0.2, -0.15) is 0 Å². The molecule has 1 atom stereocenters. The van der Waals surface area contributed by atoms with E-state index in [1.54, 1.807) is 11.3 Å². The van der Waals surface area contributed by atoms with Gasteiger partial charge in [0.05, 0.1) is 13.0 Å². The van der Waals surface area contributed by atoms with E-state index >= 15 is 0 Å². The molecule has 20 heavy (non-hydrogen) atoms. The number of carbonyl (C=O) groups excluding carboxylic acids is 1. The minimum Gasteiger partial charge on any atom is -0.383 e. The van der Waals surface area contributed by atoms with E-state index in [1.165, 1.54) is 5.56 Å². The molecule has 4 heteroatoms. The molecule has 3 rings (SSSR count). The van der Waals surface area contributed by atoms with Crippen LogP contribution in [0.4, 0.5) is 0 Å². The number of hydrogen-bond donors (Lipinski definition) is 2. The highest BCUT2D eigenvalue weighted by Crippen LogP contribution is 2.36. The molecular weight excluding hydrogens is 270 g/mol. The van der Waals surface area contributed by atoms with E-state index in [1.807, 2.05) is 41.8 Å². The third kappa shape index (κ3) is 2.62. The summed E-state index contributed by atoms with van der Waals surface area (Å²) in [5.41, 5.74) is 1.22. The van der Waals surface area contributed by atoms with Crippen LogP contribution in [-0.4, -0.2) is 17.6 Å². The van der Waals surface area contributed by atoms with Gasteiger partial charge in [0.25, 0.3) is 0 Å². The highest BCUT2D eigenvalue weighted by Gasteiger charge is 2.36. The van der Waals surface area contributed by atoms with Crippen LogP contribution in [0.5, 0.6) is 0 Å². The molecule has 1 amide bonds. The molecule has 0 spiro atoms. The van der Waals surface area contributed by atoms with Crippen molar-refractivity contribution in [3.63, 3.8) is 0 Å². The predicted octanol–water partition coefficient (Wildman–Crippen LogP) is 2.24. The van der Waals surface area contributed by atoms with E-state index in [4.69, 9.17) is 0 Å². The van der Waals surface area contributed by atoms with Gasteiger partial charge in [0.15, 0.2) is 0 Å². The zero-order valence-electron chi connectivity index (χ0n) is 11.1. The maximum Gasteiger partial charge on any atom is 0.225 e. The first-order valence-electron chi connectivity index (χ1n) is 6.77. The lowest BCUT2D eigenvalue weighted by Crippen LogP contribution is -2.39. The van der Waals surface area contributed by atoms with Crippen molar-refractivity contribution in [1.29, 1.82) is 0 Å². The fourth-order valence-electron chi connectivity index (χ4n) is 2.73. The molecule has 2 aromatic rings. The molecule has 2 N–H and O–H groups in total. The Morgan fingerprint density at radius 2 is 2.15 bits per heavy atom. The van der Waals surface area contributed by atoms with Crippen LogP contribution in [0.3, 0.4) is 0 Å². The molecule has 0 saturated carbocycles. The summed E-state index contributed by atoms with van der Waals surface area (Å²) < 4.78 is 0. The number of carbonyl (C=O) groups is 1. The van der Waals surface area contributed by atoms with Crippen molar-refractivity contribution in [2.75, 3.05) is 6.54 Å². The second-order valence-electron chi connectivity index (χ2n) is 5.22. The summed E-state index contributed by atoms with van der Waals surface area (Å²) >= 11 is 1.57. The smallest absolute Gasteiger partial charge is 0.225 e. The van der Waals surface area contributed by atoms with Gasteiger partial charge in [-0.3, -0.25) is 4.79 Å². The molecule has 0 radical (unpaired) electrons. The Morgan fingerprint density at radius 3 is 2.95 bits per heavy atom. The summed E-state index contributed by atoms with van der Waals surface area (Å²) in [4.78, 5) is 12.9. The summed E-state index contributed by atoms with van der Waals surface area (Å²) in [7, 11) is 0. The van der Waals surface area contributed by atoms with Crippen LogP contribution in [0, 0.1) is 0 Å². The number of aliphatic hydroxyl groups is 1. The van der Waals surface area contributed by atoms with Gasteiger partial charge in [0.2, 0.25) is 5.91 Å². The predicted molar refractivity (Wildman–Crippen MR) is 79.7 cm³/mol. The summed E-state index contributed by atoms with van der Waals surface area (Å²) in [6.07, 6.45) is 1.93. The third-order valence-electron chi connectivity index (χ3n) is 3.82. The van der Waals surface area contributed by atoms with Crippen molar-refractivity contribution in [3.05, 3.63) is 57.8 Å².